The lowest BCUT2D eigenvalue weighted by atomic mass is 10.1. The highest BCUT2D eigenvalue weighted by Crippen LogP contribution is 2.21. The number of hydrogen-bond acceptors (Lipinski definition) is 4. The van der Waals surface area contributed by atoms with E-state index < -0.39 is 5.60 Å². The van der Waals surface area contributed by atoms with Crippen molar-refractivity contribution in [3.8, 4) is 0 Å². The predicted octanol–water partition coefficient (Wildman–Crippen LogP) is 1.69. The Kier molecular flexibility index (Phi) is 4.50. The van der Waals surface area contributed by atoms with Crippen LogP contribution in [0.5, 0.6) is 0 Å². The first kappa shape index (κ1) is 13.6. The molecule has 0 aromatic rings. The number of amides is 1. The number of rotatable bonds is 1. The molecule has 0 radical (unpaired) electrons. The van der Waals surface area contributed by atoms with Crippen molar-refractivity contribution in [3.05, 3.63) is 0 Å². The first-order chi connectivity index (χ1) is 7.33. The van der Waals surface area contributed by atoms with Crippen LogP contribution in [-0.4, -0.2) is 47.2 Å². The van der Waals surface area contributed by atoms with E-state index in [1.807, 2.05) is 27.0 Å². The van der Waals surface area contributed by atoms with Crippen molar-refractivity contribution in [2.75, 3.05) is 19.3 Å². The molecule has 4 nitrogen and oxygen atoms in total. The molecule has 94 valence electrons. The van der Waals surface area contributed by atoms with Gasteiger partial charge in [0.05, 0.1) is 0 Å². The van der Waals surface area contributed by atoms with Crippen molar-refractivity contribution in [2.45, 2.75) is 44.1 Å². The summed E-state index contributed by atoms with van der Waals surface area (Å²) >= 11 is 1.72. The highest BCUT2D eigenvalue weighted by molar-refractivity contribution is 7.99. The van der Waals surface area contributed by atoms with Crippen molar-refractivity contribution in [1.29, 1.82) is 0 Å². The number of hydrogen-bond donors (Lipinski definition) is 1. The fourth-order valence-corrected chi connectivity index (χ4v) is 2.49. The molecule has 1 heterocycles. The highest BCUT2D eigenvalue weighted by Gasteiger charge is 2.31. The van der Waals surface area contributed by atoms with Crippen molar-refractivity contribution < 1.29 is 9.53 Å². The lowest BCUT2D eigenvalue weighted by Gasteiger charge is -2.36. The largest absolute Gasteiger partial charge is 0.444 e. The van der Waals surface area contributed by atoms with Crippen molar-refractivity contribution in [1.82, 2.24) is 4.90 Å². The van der Waals surface area contributed by atoms with E-state index >= 15 is 0 Å². The van der Waals surface area contributed by atoms with Gasteiger partial charge in [-0.05, 0) is 33.4 Å². The summed E-state index contributed by atoms with van der Waals surface area (Å²) < 4.78 is 5.34. The molecule has 0 aromatic heterocycles. The molecule has 0 saturated carbocycles. The van der Waals surface area contributed by atoms with Gasteiger partial charge in [-0.3, -0.25) is 0 Å². The number of thioether (sulfide) groups is 1. The van der Waals surface area contributed by atoms with Crippen LogP contribution in [0.1, 0.15) is 27.2 Å². The first-order valence-electron chi connectivity index (χ1n) is 5.60. The zero-order valence-corrected chi connectivity index (χ0v) is 11.3. The minimum absolute atomic E-state index is 0.189. The molecular formula is C11H22N2O2S. The Balaban J connectivity index is 2.52. The predicted molar refractivity (Wildman–Crippen MR) is 67.7 cm³/mol. The molecular weight excluding hydrogens is 224 g/mol. The van der Waals surface area contributed by atoms with Gasteiger partial charge in [0.15, 0.2) is 0 Å². The molecule has 16 heavy (non-hydrogen) atoms. The van der Waals surface area contributed by atoms with E-state index in [0.717, 1.165) is 6.42 Å². The molecule has 1 rings (SSSR count). The molecule has 1 aliphatic heterocycles. The maximum Gasteiger partial charge on any atom is 0.410 e. The summed E-state index contributed by atoms with van der Waals surface area (Å²) in [5, 5.41) is 0.321. The SMILES string of the molecule is CS[C@H]1CN(C(=O)OC(C)(C)C)CC[C@H]1N. The fraction of sp³-hybridized carbons (Fsp3) is 0.909. The Morgan fingerprint density at radius 2 is 2.12 bits per heavy atom. The monoisotopic (exact) mass is 246 g/mol. The highest BCUT2D eigenvalue weighted by atomic mass is 32.2. The van der Waals surface area contributed by atoms with Gasteiger partial charge in [0.2, 0.25) is 0 Å². The average molecular weight is 246 g/mol. The summed E-state index contributed by atoms with van der Waals surface area (Å²) in [7, 11) is 0. The molecule has 5 heteroatoms. The van der Waals surface area contributed by atoms with E-state index in [0.29, 0.717) is 18.3 Å². The van der Waals surface area contributed by atoms with Crippen LogP contribution < -0.4 is 5.73 Å². The molecule has 2 N–H and O–H groups in total. The molecule has 1 saturated heterocycles. The quantitative estimate of drug-likeness (QED) is 0.765. The van der Waals surface area contributed by atoms with Gasteiger partial charge in [-0.1, -0.05) is 0 Å². The average Bonchev–Trinajstić information content (AvgIpc) is 2.15. The number of likely N-dealkylation sites (tertiary alicyclic amines) is 1. The number of nitrogens with two attached hydrogens (primary N) is 1. The second-order valence-corrected chi connectivity index (χ2v) is 6.23. The summed E-state index contributed by atoms with van der Waals surface area (Å²) in [6.07, 6.45) is 2.66. The molecule has 2 atom stereocenters. The van der Waals surface area contributed by atoms with E-state index in [4.69, 9.17) is 10.5 Å². The van der Waals surface area contributed by atoms with Gasteiger partial charge >= 0.3 is 6.09 Å². The summed E-state index contributed by atoms with van der Waals surface area (Å²) in [5.74, 6) is 0. The van der Waals surface area contributed by atoms with Crippen LogP contribution in [0, 0.1) is 0 Å². The van der Waals surface area contributed by atoms with Crippen LogP contribution in [0.2, 0.25) is 0 Å². The van der Waals surface area contributed by atoms with Crippen molar-refractivity contribution in [3.63, 3.8) is 0 Å². The normalized spacial score (nSPS) is 26.7. The second kappa shape index (κ2) is 5.27. The number of piperidine rings is 1. The lowest BCUT2D eigenvalue weighted by molar-refractivity contribution is 0.0212. The standard InChI is InChI=1S/C11H22N2O2S/c1-11(2,3)15-10(14)13-6-5-8(12)9(7-13)16-4/h8-9H,5-7,12H2,1-4H3/t8-,9+/m1/s1. The lowest BCUT2D eigenvalue weighted by Crippen LogP contribution is -2.51. The van der Waals surface area contributed by atoms with Crippen LogP contribution in [0.25, 0.3) is 0 Å². The summed E-state index contributed by atoms with van der Waals surface area (Å²) in [6, 6.07) is 0.189. The zero-order valence-electron chi connectivity index (χ0n) is 10.5. The van der Waals surface area contributed by atoms with E-state index in [-0.39, 0.29) is 12.1 Å². The minimum Gasteiger partial charge on any atom is -0.444 e. The topological polar surface area (TPSA) is 55.6 Å². The molecule has 0 spiro atoms. The first-order valence-corrected chi connectivity index (χ1v) is 6.88. The number of carbonyl (C=O) groups is 1. The third kappa shape index (κ3) is 3.87. The van der Waals surface area contributed by atoms with Crippen LogP contribution in [0.4, 0.5) is 4.79 Å². The van der Waals surface area contributed by atoms with Gasteiger partial charge in [-0.25, -0.2) is 4.79 Å². The molecule has 1 amide bonds. The van der Waals surface area contributed by atoms with Gasteiger partial charge in [0.1, 0.15) is 5.60 Å². The van der Waals surface area contributed by atoms with Gasteiger partial charge in [-0.2, -0.15) is 11.8 Å². The minimum atomic E-state index is -0.425. The Bertz CT molecular complexity index is 253. The van der Waals surface area contributed by atoms with E-state index in [1.165, 1.54) is 0 Å². The molecule has 0 aliphatic carbocycles. The van der Waals surface area contributed by atoms with E-state index in [2.05, 4.69) is 0 Å². The van der Waals surface area contributed by atoms with Gasteiger partial charge in [0, 0.05) is 24.4 Å². The van der Waals surface area contributed by atoms with E-state index in [9.17, 15) is 4.79 Å². The van der Waals surface area contributed by atoms with Gasteiger partial charge in [0.25, 0.3) is 0 Å². The van der Waals surface area contributed by atoms with Crippen molar-refractivity contribution >= 4 is 17.9 Å². The maximum atomic E-state index is 11.8. The van der Waals surface area contributed by atoms with Crippen LogP contribution in [0.15, 0.2) is 0 Å². The van der Waals surface area contributed by atoms with Gasteiger partial charge < -0.3 is 15.4 Å². The molecule has 0 unspecified atom stereocenters. The molecule has 1 aliphatic rings. The number of carbonyl (C=O) groups excluding carboxylic acids is 1. The Morgan fingerprint density at radius 3 is 2.62 bits per heavy atom. The number of ether oxygens (including phenoxy) is 1. The molecule has 1 fully saturated rings. The number of nitrogens with zero attached hydrogens (tertiary/aromatic N) is 1. The molecule has 0 bridgehead atoms. The van der Waals surface area contributed by atoms with Crippen LogP contribution >= 0.6 is 11.8 Å². The summed E-state index contributed by atoms with van der Waals surface area (Å²) in [4.78, 5) is 13.6. The Labute approximate surface area is 102 Å². The fourth-order valence-electron chi connectivity index (χ4n) is 1.68. The summed E-state index contributed by atoms with van der Waals surface area (Å²) in [5.41, 5.74) is 5.55. The van der Waals surface area contributed by atoms with E-state index in [1.54, 1.807) is 16.7 Å². The smallest absolute Gasteiger partial charge is 0.410 e. The third-order valence-electron chi connectivity index (χ3n) is 2.56. The van der Waals surface area contributed by atoms with Crippen molar-refractivity contribution in [2.24, 2.45) is 5.73 Å². The zero-order chi connectivity index (χ0) is 12.3. The summed E-state index contributed by atoms with van der Waals surface area (Å²) in [6.45, 7) is 7.04. The van der Waals surface area contributed by atoms with Gasteiger partial charge in [-0.15, -0.1) is 0 Å². The second-order valence-electron chi connectivity index (χ2n) is 5.15. The Morgan fingerprint density at radius 1 is 1.50 bits per heavy atom. The maximum absolute atomic E-state index is 11.8. The third-order valence-corrected chi connectivity index (χ3v) is 3.67. The Hall–Kier alpha value is -0.420. The molecule has 0 aromatic carbocycles. The van der Waals surface area contributed by atoms with Crippen LogP contribution in [0.3, 0.4) is 0 Å². The van der Waals surface area contributed by atoms with Crippen LogP contribution in [-0.2, 0) is 4.74 Å².